The summed E-state index contributed by atoms with van der Waals surface area (Å²) in [6.45, 7) is 0. The lowest BCUT2D eigenvalue weighted by molar-refractivity contribution is 0.475. The fourth-order valence-electron chi connectivity index (χ4n) is 2.46. The van der Waals surface area contributed by atoms with Crippen molar-refractivity contribution in [2.75, 3.05) is 11.6 Å². The molecule has 2 rings (SSSR count). The highest BCUT2D eigenvalue weighted by atomic mass is 32.2. The average molecular weight is 281 g/mol. The number of thioether (sulfide) groups is 1. The normalized spacial score (nSPS) is 23.6. The van der Waals surface area contributed by atoms with E-state index < -0.39 is 0 Å². The molecule has 1 saturated carbocycles. The van der Waals surface area contributed by atoms with Gasteiger partial charge in [0.05, 0.1) is 5.69 Å². The summed E-state index contributed by atoms with van der Waals surface area (Å²) in [5, 5.41) is 4.25. The first kappa shape index (κ1) is 13.6. The molecular weight excluding hydrogens is 262 g/mol. The zero-order valence-electron chi connectivity index (χ0n) is 10.6. The van der Waals surface area contributed by atoms with Crippen LogP contribution in [0.4, 0.5) is 5.69 Å². The molecule has 1 aliphatic carbocycles. The lowest BCUT2D eigenvalue weighted by Gasteiger charge is -2.32. The summed E-state index contributed by atoms with van der Waals surface area (Å²) in [5.74, 6) is 0. The van der Waals surface area contributed by atoms with Gasteiger partial charge in [-0.15, -0.1) is 0 Å². The van der Waals surface area contributed by atoms with Crippen molar-refractivity contribution in [1.29, 1.82) is 0 Å². The van der Waals surface area contributed by atoms with Gasteiger partial charge in [-0.2, -0.15) is 11.8 Å². The molecule has 2 unspecified atom stereocenters. The largest absolute Gasteiger partial charge is 0.388 e. The van der Waals surface area contributed by atoms with Crippen molar-refractivity contribution in [1.82, 2.24) is 4.98 Å². The highest BCUT2D eigenvalue weighted by Crippen LogP contribution is 2.30. The number of rotatable bonds is 4. The van der Waals surface area contributed by atoms with Crippen LogP contribution in [0.1, 0.15) is 31.4 Å². The van der Waals surface area contributed by atoms with Crippen molar-refractivity contribution in [3.05, 3.63) is 24.0 Å². The predicted octanol–water partition coefficient (Wildman–Crippen LogP) is 2.80. The third-order valence-corrected chi connectivity index (χ3v) is 4.75. The molecule has 1 fully saturated rings. The SMILES string of the molecule is CSC1CCCCC1Nc1cccnc1C(N)=S. The van der Waals surface area contributed by atoms with E-state index in [2.05, 4.69) is 16.6 Å². The molecule has 1 aliphatic rings. The van der Waals surface area contributed by atoms with Crippen LogP contribution in [-0.2, 0) is 0 Å². The molecule has 0 spiro atoms. The lowest BCUT2D eigenvalue weighted by Crippen LogP contribution is -2.35. The molecule has 1 heterocycles. The fraction of sp³-hybridized carbons (Fsp3) is 0.538. The first-order valence-electron chi connectivity index (χ1n) is 6.26. The van der Waals surface area contributed by atoms with Crippen LogP contribution in [0.2, 0.25) is 0 Å². The molecule has 18 heavy (non-hydrogen) atoms. The molecule has 1 aromatic rings. The van der Waals surface area contributed by atoms with E-state index in [0.717, 1.165) is 5.69 Å². The minimum atomic E-state index is 0.356. The van der Waals surface area contributed by atoms with E-state index in [1.165, 1.54) is 25.7 Å². The quantitative estimate of drug-likeness (QED) is 0.831. The summed E-state index contributed by atoms with van der Waals surface area (Å²) in [7, 11) is 0. The van der Waals surface area contributed by atoms with Crippen LogP contribution in [0, 0.1) is 0 Å². The second-order valence-corrected chi connectivity index (χ2v) is 6.09. The Bertz CT molecular complexity index is 422. The number of hydrogen-bond donors (Lipinski definition) is 2. The predicted molar refractivity (Wildman–Crippen MR) is 83.3 cm³/mol. The highest BCUT2D eigenvalue weighted by molar-refractivity contribution is 7.99. The summed E-state index contributed by atoms with van der Waals surface area (Å²) in [6, 6.07) is 4.42. The molecule has 0 amide bonds. The molecule has 0 radical (unpaired) electrons. The van der Waals surface area contributed by atoms with Crippen molar-refractivity contribution in [2.24, 2.45) is 5.73 Å². The summed E-state index contributed by atoms with van der Waals surface area (Å²) >= 11 is 6.99. The standard InChI is InChI=1S/C13H19N3S2/c1-18-11-7-3-2-5-9(11)16-10-6-4-8-15-12(10)13(14)17/h4,6,8-9,11,16H,2-3,5,7H2,1H3,(H2,14,17). The van der Waals surface area contributed by atoms with Gasteiger partial charge in [-0.3, -0.25) is 4.98 Å². The van der Waals surface area contributed by atoms with E-state index in [-0.39, 0.29) is 0 Å². The Labute approximate surface area is 118 Å². The Hall–Kier alpha value is -0.810. The number of nitrogens with zero attached hydrogens (tertiary/aromatic N) is 1. The van der Waals surface area contributed by atoms with Gasteiger partial charge >= 0.3 is 0 Å². The molecule has 3 N–H and O–H groups in total. The Morgan fingerprint density at radius 1 is 1.50 bits per heavy atom. The van der Waals surface area contributed by atoms with Crippen LogP contribution < -0.4 is 11.1 Å². The second-order valence-electron chi connectivity index (χ2n) is 4.57. The maximum atomic E-state index is 5.71. The maximum Gasteiger partial charge on any atom is 0.124 e. The van der Waals surface area contributed by atoms with Crippen LogP contribution in [0.15, 0.2) is 18.3 Å². The number of hydrogen-bond acceptors (Lipinski definition) is 4. The Morgan fingerprint density at radius 3 is 3.00 bits per heavy atom. The van der Waals surface area contributed by atoms with Gasteiger partial charge in [0, 0.05) is 17.5 Å². The number of anilines is 1. The van der Waals surface area contributed by atoms with Crippen LogP contribution in [0.5, 0.6) is 0 Å². The minimum Gasteiger partial charge on any atom is -0.388 e. The third kappa shape index (κ3) is 3.14. The second kappa shape index (κ2) is 6.38. The van der Waals surface area contributed by atoms with Crippen LogP contribution in [0.25, 0.3) is 0 Å². The molecule has 2 atom stereocenters. The number of nitrogens with two attached hydrogens (primary N) is 1. The van der Waals surface area contributed by atoms with Gasteiger partial charge in [-0.25, -0.2) is 0 Å². The topological polar surface area (TPSA) is 50.9 Å². The number of thiocarbonyl (C=S) groups is 1. The van der Waals surface area contributed by atoms with E-state index in [1.54, 1.807) is 6.20 Å². The number of nitrogens with one attached hydrogen (secondary N) is 1. The Balaban J connectivity index is 2.15. The highest BCUT2D eigenvalue weighted by Gasteiger charge is 2.24. The summed E-state index contributed by atoms with van der Waals surface area (Å²) in [4.78, 5) is 4.62. The molecule has 0 aliphatic heterocycles. The Morgan fingerprint density at radius 2 is 2.28 bits per heavy atom. The summed E-state index contributed by atoms with van der Waals surface area (Å²) in [5.41, 5.74) is 7.39. The molecule has 1 aromatic heterocycles. The lowest BCUT2D eigenvalue weighted by atomic mass is 9.94. The van der Waals surface area contributed by atoms with Crippen LogP contribution >= 0.6 is 24.0 Å². The fourth-order valence-corrected chi connectivity index (χ4v) is 3.56. The monoisotopic (exact) mass is 281 g/mol. The van der Waals surface area contributed by atoms with Crippen molar-refractivity contribution in [2.45, 2.75) is 37.0 Å². The zero-order chi connectivity index (χ0) is 13.0. The van der Waals surface area contributed by atoms with Gasteiger partial charge in [0.15, 0.2) is 0 Å². The first-order valence-corrected chi connectivity index (χ1v) is 7.96. The molecule has 98 valence electrons. The van der Waals surface area contributed by atoms with E-state index in [0.29, 0.717) is 22.0 Å². The van der Waals surface area contributed by atoms with Crippen molar-refractivity contribution < 1.29 is 0 Å². The Kier molecular flexibility index (Phi) is 4.83. The van der Waals surface area contributed by atoms with Crippen molar-refractivity contribution >= 4 is 34.7 Å². The van der Waals surface area contributed by atoms with Gasteiger partial charge < -0.3 is 11.1 Å². The zero-order valence-corrected chi connectivity index (χ0v) is 12.2. The average Bonchev–Trinajstić information content (AvgIpc) is 2.40. The maximum absolute atomic E-state index is 5.71. The van der Waals surface area contributed by atoms with E-state index in [4.69, 9.17) is 18.0 Å². The molecule has 3 nitrogen and oxygen atoms in total. The molecule has 0 aromatic carbocycles. The summed E-state index contributed by atoms with van der Waals surface area (Å²) in [6.07, 6.45) is 9.02. The molecule has 0 bridgehead atoms. The third-order valence-electron chi connectivity index (χ3n) is 3.39. The van der Waals surface area contributed by atoms with Gasteiger partial charge in [-0.1, -0.05) is 25.1 Å². The van der Waals surface area contributed by atoms with Gasteiger partial charge in [0.2, 0.25) is 0 Å². The van der Waals surface area contributed by atoms with Crippen molar-refractivity contribution in [3.8, 4) is 0 Å². The number of pyridine rings is 1. The summed E-state index contributed by atoms with van der Waals surface area (Å²) < 4.78 is 0. The van der Waals surface area contributed by atoms with E-state index >= 15 is 0 Å². The van der Waals surface area contributed by atoms with Crippen LogP contribution in [0.3, 0.4) is 0 Å². The molecule has 0 saturated heterocycles. The van der Waals surface area contributed by atoms with Crippen molar-refractivity contribution in [3.63, 3.8) is 0 Å². The van der Waals surface area contributed by atoms with Gasteiger partial charge in [0.1, 0.15) is 10.7 Å². The van der Waals surface area contributed by atoms with Crippen LogP contribution in [-0.4, -0.2) is 27.5 Å². The smallest absolute Gasteiger partial charge is 0.124 e. The van der Waals surface area contributed by atoms with E-state index in [9.17, 15) is 0 Å². The first-order chi connectivity index (χ1) is 8.72. The minimum absolute atomic E-state index is 0.356. The number of aromatic nitrogens is 1. The molecular formula is C13H19N3S2. The van der Waals surface area contributed by atoms with E-state index in [1.807, 2.05) is 23.9 Å². The van der Waals surface area contributed by atoms with Gasteiger partial charge in [-0.05, 0) is 31.2 Å². The molecule has 5 heteroatoms. The van der Waals surface area contributed by atoms with Gasteiger partial charge in [0.25, 0.3) is 0 Å².